The van der Waals surface area contributed by atoms with Gasteiger partial charge in [0, 0.05) is 41.5 Å². The third-order valence-corrected chi connectivity index (χ3v) is 4.44. The van der Waals surface area contributed by atoms with Crippen LogP contribution in [0, 0.1) is 6.92 Å². The van der Waals surface area contributed by atoms with Crippen LogP contribution in [0.2, 0.25) is 0 Å². The molecule has 0 atom stereocenters. The van der Waals surface area contributed by atoms with Crippen molar-refractivity contribution >= 4 is 17.8 Å². The first-order valence-corrected chi connectivity index (χ1v) is 9.13. The lowest BCUT2D eigenvalue weighted by Crippen LogP contribution is -2.21. The molecule has 0 aliphatic heterocycles. The van der Waals surface area contributed by atoms with Crippen LogP contribution >= 0.6 is 0 Å². The van der Waals surface area contributed by atoms with E-state index in [4.69, 9.17) is 0 Å². The zero-order chi connectivity index (χ0) is 20.0. The molecule has 1 amide bonds. The lowest BCUT2D eigenvalue weighted by Gasteiger charge is -2.21. The Morgan fingerprint density at radius 3 is 2.33 bits per heavy atom. The van der Waals surface area contributed by atoms with Crippen LogP contribution in [0.25, 0.3) is 0 Å². The Labute approximate surface area is 161 Å². The number of benzene rings is 2. The fraction of sp³-hybridized carbons (Fsp3) is 0.318. The fourth-order valence-corrected chi connectivity index (χ4v) is 2.72. The Morgan fingerprint density at radius 1 is 1.19 bits per heavy atom. The molecule has 5 heteroatoms. The van der Waals surface area contributed by atoms with Crippen molar-refractivity contribution in [2.75, 3.05) is 18.0 Å². The number of nitrogens with zero attached hydrogens (tertiary/aromatic N) is 2. The summed E-state index contributed by atoms with van der Waals surface area (Å²) in [6, 6.07) is 12.7. The van der Waals surface area contributed by atoms with Crippen molar-refractivity contribution in [1.29, 1.82) is 0 Å². The van der Waals surface area contributed by atoms with E-state index in [0.29, 0.717) is 11.1 Å². The molecular formula is C22H28N3O2+. The van der Waals surface area contributed by atoms with Crippen molar-refractivity contribution in [2.24, 2.45) is 5.10 Å². The topological polar surface area (TPSA) is 64.9 Å². The second-order valence-corrected chi connectivity index (χ2v) is 7.08. The molecule has 0 bridgehead atoms. The molecule has 0 unspecified atom stereocenters. The predicted octanol–water partition coefficient (Wildman–Crippen LogP) is 4.11. The summed E-state index contributed by atoms with van der Waals surface area (Å²) in [6.45, 7) is 14.0. The number of carbonyl (C=O) groups excluding carboxylic acids is 1. The van der Waals surface area contributed by atoms with Crippen molar-refractivity contribution in [3.05, 3.63) is 66.1 Å². The molecule has 0 saturated heterocycles. The predicted molar refractivity (Wildman–Crippen MR) is 112 cm³/mol. The molecule has 2 aromatic rings. The van der Waals surface area contributed by atoms with E-state index in [1.165, 1.54) is 6.21 Å². The van der Waals surface area contributed by atoms with Gasteiger partial charge in [-0.15, -0.1) is 0 Å². The van der Waals surface area contributed by atoms with Gasteiger partial charge in [-0.25, -0.2) is 5.43 Å². The summed E-state index contributed by atoms with van der Waals surface area (Å²) in [7, 11) is 0. The fourth-order valence-electron chi connectivity index (χ4n) is 2.72. The first-order valence-electron chi connectivity index (χ1n) is 9.13. The summed E-state index contributed by atoms with van der Waals surface area (Å²) >= 11 is 0. The summed E-state index contributed by atoms with van der Waals surface area (Å²) in [5.41, 5.74) is 5.34. The zero-order valence-electron chi connectivity index (χ0n) is 16.5. The van der Waals surface area contributed by atoms with Crippen LogP contribution in [0.4, 0.5) is 5.69 Å². The molecule has 2 rings (SSSR count). The number of amides is 1. The summed E-state index contributed by atoms with van der Waals surface area (Å²) < 4.78 is 0. The van der Waals surface area contributed by atoms with Gasteiger partial charge in [-0.05, 0) is 52.0 Å². The van der Waals surface area contributed by atoms with Gasteiger partial charge in [0.2, 0.25) is 0 Å². The van der Waals surface area contributed by atoms with Crippen LogP contribution in [0.15, 0.2) is 47.6 Å². The largest absolute Gasteiger partial charge is 0.507 e. The summed E-state index contributed by atoms with van der Waals surface area (Å²) in [5, 5.41) is 14.1. The molecule has 0 fully saturated rings. The number of rotatable bonds is 7. The minimum absolute atomic E-state index is 0.124. The molecule has 0 aromatic heterocycles. The van der Waals surface area contributed by atoms with Crippen LogP contribution in [0.5, 0.6) is 5.75 Å². The first kappa shape index (κ1) is 20.4. The molecule has 0 heterocycles. The minimum Gasteiger partial charge on any atom is -0.507 e. The van der Waals surface area contributed by atoms with Crippen LogP contribution in [0.3, 0.4) is 0 Å². The maximum absolute atomic E-state index is 12.2. The smallest absolute Gasteiger partial charge is 0.271 e. The molecule has 2 N–H and O–H groups in total. The highest BCUT2D eigenvalue weighted by molar-refractivity contribution is 5.95. The SMILES string of the molecule is [CH2+]C(C)(C)c1ccc(C(=O)N/N=C\c2ccc(N(CC)CC)cc2O)cc1. The number of phenolic OH excluding ortho intramolecular Hbond substituents is 1. The van der Waals surface area contributed by atoms with Crippen LogP contribution in [0.1, 0.15) is 49.2 Å². The van der Waals surface area contributed by atoms with Gasteiger partial charge in [0.25, 0.3) is 5.91 Å². The van der Waals surface area contributed by atoms with Gasteiger partial charge in [0.1, 0.15) is 11.2 Å². The molecule has 27 heavy (non-hydrogen) atoms. The molecule has 0 radical (unpaired) electrons. The number of hydrogen-bond donors (Lipinski definition) is 2. The third-order valence-electron chi connectivity index (χ3n) is 4.44. The Bertz CT molecular complexity index is 801. The van der Waals surface area contributed by atoms with E-state index in [1.807, 2.05) is 32.0 Å². The zero-order valence-corrected chi connectivity index (χ0v) is 16.5. The van der Waals surface area contributed by atoms with Crippen molar-refractivity contribution in [2.45, 2.75) is 33.1 Å². The maximum atomic E-state index is 12.2. The van der Waals surface area contributed by atoms with Crippen molar-refractivity contribution < 1.29 is 9.90 Å². The summed E-state index contributed by atoms with van der Waals surface area (Å²) in [5.74, 6) is -0.182. The molecule has 5 nitrogen and oxygen atoms in total. The second-order valence-electron chi connectivity index (χ2n) is 7.08. The highest BCUT2D eigenvalue weighted by Gasteiger charge is 2.21. The third kappa shape index (κ3) is 5.26. The molecule has 0 saturated carbocycles. The van der Waals surface area contributed by atoms with Gasteiger partial charge in [-0.3, -0.25) is 4.79 Å². The van der Waals surface area contributed by atoms with Gasteiger partial charge >= 0.3 is 0 Å². The molecule has 142 valence electrons. The van der Waals surface area contributed by atoms with Gasteiger partial charge < -0.3 is 10.0 Å². The average molecular weight is 366 g/mol. The molecular weight excluding hydrogens is 338 g/mol. The van der Waals surface area contributed by atoms with Gasteiger partial charge in [0.05, 0.1) is 13.1 Å². The van der Waals surface area contributed by atoms with E-state index in [2.05, 4.69) is 36.2 Å². The summed E-state index contributed by atoms with van der Waals surface area (Å²) in [6.07, 6.45) is 1.44. The normalized spacial score (nSPS) is 11.6. The van der Waals surface area contributed by atoms with Crippen LogP contribution in [-0.2, 0) is 5.41 Å². The quantitative estimate of drug-likeness (QED) is 0.440. The Balaban J connectivity index is 2.03. The van der Waals surface area contributed by atoms with E-state index in [1.54, 1.807) is 24.3 Å². The first-order chi connectivity index (χ1) is 12.8. The van der Waals surface area contributed by atoms with E-state index in [9.17, 15) is 9.90 Å². The Morgan fingerprint density at radius 2 is 1.81 bits per heavy atom. The maximum Gasteiger partial charge on any atom is 0.271 e. The molecule has 0 aliphatic carbocycles. The Kier molecular flexibility index (Phi) is 6.50. The second kappa shape index (κ2) is 8.62. The number of hydrogen-bond acceptors (Lipinski definition) is 4. The number of aromatic hydroxyl groups is 1. The lowest BCUT2D eigenvalue weighted by atomic mass is 9.87. The van der Waals surface area contributed by atoms with E-state index in [-0.39, 0.29) is 17.1 Å². The highest BCUT2D eigenvalue weighted by atomic mass is 16.3. The van der Waals surface area contributed by atoms with Crippen molar-refractivity contribution in [1.82, 2.24) is 5.43 Å². The highest BCUT2D eigenvalue weighted by Crippen LogP contribution is 2.24. The molecule has 0 spiro atoms. The van der Waals surface area contributed by atoms with E-state index < -0.39 is 0 Å². The monoisotopic (exact) mass is 366 g/mol. The number of carbonyl (C=O) groups is 1. The van der Waals surface area contributed by atoms with Crippen molar-refractivity contribution in [3.63, 3.8) is 0 Å². The minimum atomic E-state index is -0.307. The number of phenols is 1. The average Bonchev–Trinajstić information content (AvgIpc) is 2.63. The van der Waals surface area contributed by atoms with Crippen LogP contribution < -0.4 is 10.3 Å². The molecule has 2 aromatic carbocycles. The molecule has 0 aliphatic rings. The lowest BCUT2D eigenvalue weighted by molar-refractivity contribution is 0.0955. The standard InChI is InChI=1S/C22H27N3O2/c1-6-25(7-2)19-13-10-17(20(26)14-19)15-23-24-21(27)16-8-11-18(12-9-16)22(3,4)5/h8-15H,3,6-7H2,1-2,4-5H3,(H-,23,24,26,27)/p+1. The van der Waals surface area contributed by atoms with Crippen molar-refractivity contribution in [3.8, 4) is 5.75 Å². The van der Waals surface area contributed by atoms with Gasteiger partial charge in [-0.2, -0.15) is 5.10 Å². The van der Waals surface area contributed by atoms with Gasteiger partial charge in [0.15, 0.2) is 0 Å². The van der Waals surface area contributed by atoms with E-state index >= 15 is 0 Å². The summed E-state index contributed by atoms with van der Waals surface area (Å²) in [4.78, 5) is 14.3. The number of nitrogens with one attached hydrogen (secondary N) is 1. The van der Waals surface area contributed by atoms with E-state index in [0.717, 1.165) is 24.3 Å². The number of hydrazone groups is 1. The van der Waals surface area contributed by atoms with Gasteiger partial charge in [-0.1, -0.05) is 12.1 Å². The number of anilines is 1. The Hall–Kier alpha value is -2.95. The van der Waals surface area contributed by atoms with Crippen LogP contribution in [-0.4, -0.2) is 30.3 Å².